The van der Waals surface area contributed by atoms with Gasteiger partial charge in [-0.1, -0.05) is 12.1 Å². The van der Waals surface area contributed by atoms with Gasteiger partial charge in [-0.2, -0.15) is 13.2 Å². The van der Waals surface area contributed by atoms with E-state index in [9.17, 15) is 18.0 Å². The van der Waals surface area contributed by atoms with Crippen molar-refractivity contribution in [1.29, 1.82) is 0 Å². The minimum atomic E-state index is -4.35. The van der Waals surface area contributed by atoms with E-state index >= 15 is 0 Å². The number of morpholine rings is 1. The maximum atomic E-state index is 12.6. The molecule has 2 aliphatic rings. The van der Waals surface area contributed by atoms with E-state index in [-0.39, 0.29) is 24.2 Å². The molecular weight excluding hydrogens is 369 g/mol. The van der Waals surface area contributed by atoms with Gasteiger partial charge < -0.3 is 9.64 Å². The Morgan fingerprint density at radius 2 is 1.82 bits per heavy atom. The quantitative estimate of drug-likeness (QED) is 0.726. The summed E-state index contributed by atoms with van der Waals surface area (Å²) in [5, 5.41) is 0. The summed E-state index contributed by atoms with van der Waals surface area (Å²) in [7, 11) is 0. The fourth-order valence-electron chi connectivity index (χ4n) is 4.09. The Kier molecular flexibility index (Phi) is 6.45. The van der Waals surface area contributed by atoms with E-state index in [2.05, 4.69) is 18.7 Å². The van der Waals surface area contributed by atoms with Crippen LogP contribution in [0.4, 0.5) is 13.2 Å². The Morgan fingerprint density at radius 1 is 1.18 bits per heavy atom. The number of carbonyl (C=O) groups excluding carboxylic acids is 1. The molecule has 1 amide bonds. The second-order valence-electron chi connectivity index (χ2n) is 7.76. The molecule has 3 atom stereocenters. The summed E-state index contributed by atoms with van der Waals surface area (Å²) in [6, 6.07) is 4.99. The van der Waals surface area contributed by atoms with Gasteiger partial charge in [-0.3, -0.25) is 9.69 Å². The molecule has 2 heterocycles. The van der Waals surface area contributed by atoms with Gasteiger partial charge >= 0.3 is 6.18 Å². The van der Waals surface area contributed by atoms with Crippen molar-refractivity contribution in [1.82, 2.24) is 9.80 Å². The van der Waals surface area contributed by atoms with Crippen molar-refractivity contribution in [2.45, 2.75) is 51.1 Å². The van der Waals surface area contributed by atoms with Crippen LogP contribution in [-0.2, 0) is 15.7 Å². The van der Waals surface area contributed by atoms with Crippen molar-refractivity contribution >= 4 is 12.0 Å². The van der Waals surface area contributed by atoms with Gasteiger partial charge in [0.25, 0.3) is 0 Å². The number of rotatable bonds is 4. The molecule has 0 aliphatic carbocycles. The summed E-state index contributed by atoms with van der Waals surface area (Å²) in [6.45, 7) is 7.41. The van der Waals surface area contributed by atoms with Gasteiger partial charge in [-0.15, -0.1) is 0 Å². The first-order valence-corrected chi connectivity index (χ1v) is 9.76. The summed E-state index contributed by atoms with van der Waals surface area (Å²) in [5.41, 5.74) is -0.113. The highest BCUT2D eigenvalue weighted by molar-refractivity contribution is 5.92. The molecule has 2 aliphatic heterocycles. The normalized spacial score (nSPS) is 26.9. The van der Waals surface area contributed by atoms with Crippen molar-refractivity contribution in [2.24, 2.45) is 0 Å². The lowest BCUT2D eigenvalue weighted by Crippen LogP contribution is -2.50. The lowest BCUT2D eigenvalue weighted by atomic mass is 10.1. The van der Waals surface area contributed by atoms with Gasteiger partial charge in [0, 0.05) is 38.3 Å². The molecule has 2 fully saturated rings. The van der Waals surface area contributed by atoms with E-state index in [1.54, 1.807) is 6.08 Å². The van der Waals surface area contributed by atoms with Gasteiger partial charge in [0.1, 0.15) is 0 Å². The van der Waals surface area contributed by atoms with Crippen molar-refractivity contribution in [2.75, 3.05) is 26.2 Å². The van der Waals surface area contributed by atoms with Gasteiger partial charge in [0.2, 0.25) is 5.91 Å². The van der Waals surface area contributed by atoms with Crippen LogP contribution in [0.15, 0.2) is 30.3 Å². The number of carbonyl (C=O) groups is 1. The van der Waals surface area contributed by atoms with Crippen molar-refractivity contribution < 1.29 is 22.7 Å². The average Bonchev–Trinajstić information content (AvgIpc) is 3.06. The molecular formula is C21H27F3N2O2. The lowest BCUT2D eigenvalue weighted by molar-refractivity contribution is -0.137. The molecule has 0 saturated carbocycles. The van der Waals surface area contributed by atoms with Crippen LogP contribution in [0, 0.1) is 0 Å². The van der Waals surface area contributed by atoms with Crippen molar-refractivity contribution in [3.05, 3.63) is 41.5 Å². The Hall–Kier alpha value is -1.86. The summed E-state index contributed by atoms with van der Waals surface area (Å²) in [5.74, 6) is -0.0863. The van der Waals surface area contributed by atoms with Crippen LogP contribution in [0.3, 0.4) is 0 Å². The van der Waals surface area contributed by atoms with Gasteiger partial charge in [-0.05, 0) is 50.5 Å². The zero-order valence-corrected chi connectivity index (χ0v) is 16.3. The predicted octanol–water partition coefficient (Wildman–Crippen LogP) is 3.82. The van der Waals surface area contributed by atoms with Crippen LogP contribution in [0.5, 0.6) is 0 Å². The highest BCUT2D eigenvalue weighted by Crippen LogP contribution is 2.29. The molecule has 1 aromatic rings. The van der Waals surface area contributed by atoms with Gasteiger partial charge in [-0.25, -0.2) is 0 Å². The Morgan fingerprint density at radius 3 is 2.43 bits per heavy atom. The number of hydrogen-bond donors (Lipinski definition) is 0. The molecule has 0 radical (unpaired) electrons. The summed E-state index contributed by atoms with van der Waals surface area (Å²) >= 11 is 0. The van der Waals surface area contributed by atoms with E-state index in [4.69, 9.17) is 4.74 Å². The highest BCUT2D eigenvalue weighted by atomic mass is 19.4. The molecule has 3 unspecified atom stereocenters. The number of alkyl halides is 3. The molecule has 0 bridgehead atoms. The smallest absolute Gasteiger partial charge is 0.373 e. The number of nitrogens with zero attached hydrogens (tertiary/aromatic N) is 2. The molecule has 4 nitrogen and oxygen atoms in total. The fourth-order valence-corrected chi connectivity index (χ4v) is 4.09. The van der Waals surface area contributed by atoms with Crippen LogP contribution in [-0.4, -0.2) is 60.1 Å². The second kappa shape index (κ2) is 8.66. The van der Waals surface area contributed by atoms with E-state index in [1.807, 2.05) is 4.90 Å². The predicted molar refractivity (Wildman–Crippen MR) is 102 cm³/mol. The van der Waals surface area contributed by atoms with Crippen LogP contribution in [0.2, 0.25) is 0 Å². The first-order chi connectivity index (χ1) is 13.2. The molecule has 28 heavy (non-hydrogen) atoms. The average molecular weight is 396 g/mol. The van der Waals surface area contributed by atoms with E-state index < -0.39 is 11.7 Å². The molecule has 1 aromatic carbocycles. The maximum absolute atomic E-state index is 12.6. The Labute approximate surface area is 163 Å². The third kappa shape index (κ3) is 5.35. The molecule has 7 heteroatoms. The Bertz CT molecular complexity index is 693. The molecule has 2 saturated heterocycles. The maximum Gasteiger partial charge on any atom is 0.416 e. The fraction of sp³-hybridized carbons (Fsp3) is 0.571. The lowest BCUT2D eigenvalue weighted by Gasteiger charge is -2.38. The SMILES string of the molecule is CC1CN(CC2CCCN2C(=O)C=Cc2ccc(C(F)(F)F)cc2)CC(C)O1. The highest BCUT2D eigenvalue weighted by Gasteiger charge is 2.32. The third-order valence-corrected chi connectivity index (χ3v) is 5.28. The van der Waals surface area contributed by atoms with Crippen LogP contribution >= 0.6 is 0 Å². The molecule has 154 valence electrons. The van der Waals surface area contributed by atoms with Crippen molar-refractivity contribution in [3.63, 3.8) is 0 Å². The summed E-state index contributed by atoms with van der Waals surface area (Å²) in [4.78, 5) is 16.9. The zero-order valence-electron chi connectivity index (χ0n) is 16.3. The van der Waals surface area contributed by atoms with Crippen LogP contribution < -0.4 is 0 Å². The first kappa shape index (κ1) is 20.9. The number of likely N-dealkylation sites (tertiary alicyclic amines) is 1. The largest absolute Gasteiger partial charge is 0.416 e. The molecule has 0 N–H and O–H groups in total. The molecule has 0 spiro atoms. The third-order valence-electron chi connectivity index (χ3n) is 5.28. The van der Waals surface area contributed by atoms with Crippen LogP contribution in [0.1, 0.15) is 37.8 Å². The number of benzene rings is 1. The van der Waals surface area contributed by atoms with E-state index in [0.29, 0.717) is 5.56 Å². The van der Waals surface area contributed by atoms with E-state index in [1.165, 1.54) is 18.2 Å². The first-order valence-electron chi connectivity index (χ1n) is 9.76. The molecule has 3 rings (SSSR count). The standard InChI is InChI=1S/C21H27F3N2O2/c1-15-12-25(13-16(2)28-15)14-19-4-3-11-26(19)20(27)10-7-17-5-8-18(9-6-17)21(22,23)24/h5-10,15-16,19H,3-4,11-14H2,1-2H3. The number of halogens is 3. The van der Waals surface area contributed by atoms with E-state index in [0.717, 1.165) is 51.2 Å². The Balaban J connectivity index is 1.59. The number of ether oxygens (including phenoxy) is 1. The topological polar surface area (TPSA) is 32.8 Å². The monoisotopic (exact) mass is 396 g/mol. The molecule has 0 aromatic heterocycles. The second-order valence-corrected chi connectivity index (χ2v) is 7.76. The van der Waals surface area contributed by atoms with Crippen molar-refractivity contribution in [3.8, 4) is 0 Å². The summed E-state index contributed by atoms with van der Waals surface area (Å²) < 4.78 is 43.7. The number of hydrogen-bond acceptors (Lipinski definition) is 3. The van der Waals surface area contributed by atoms with Gasteiger partial charge in [0.15, 0.2) is 0 Å². The van der Waals surface area contributed by atoms with Crippen LogP contribution in [0.25, 0.3) is 6.08 Å². The number of amides is 1. The minimum Gasteiger partial charge on any atom is -0.373 e. The zero-order chi connectivity index (χ0) is 20.3. The van der Waals surface area contributed by atoms with Gasteiger partial charge in [0.05, 0.1) is 17.8 Å². The minimum absolute atomic E-state index is 0.0863. The summed E-state index contributed by atoms with van der Waals surface area (Å²) in [6.07, 6.45) is 1.01.